The number of unbranched alkanes of at least 4 members (excludes halogenated alkanes) is 33. The summed E-state index contributed by atoms with van der Waals surface area (Å²) >= 11 is 0. The highest BCUT2D eigenvalue weighted by atomic mass is 16.6. The van der Waals surface area contributed by atoms with E-state index in [1.165, 1.54) is 180 Å². The van der Waals surface area contributed by atoms with Gasteiger partial charge in [0.1, 0.15) is 13.2 Å². The van der Waals surface area contributed by atoms with Crippen molar-refractivity contribution in [3.63, 3.8) is 0 Å². The van der Waals surface area contributed by atoms with Crippen LogP contribution in [0, 0.1) is 0 Å². The third kappa shape index (κ3) is 50.5. The lowest BCUT2D eigenvalue weighted by atomic mass is 10.1. The van der Waals surface area contributed by atoms with Crippen molar-refractivity contribution >= 4 is 17.9 Å². The summed E-state index contributed by atoms with van der Waals surface area (Å²) in [7, 11) is 0. The van der Waals surface area contributed by atoms with Crippen molar-refractivity contribution in [2.75, 3.05) is 13.2 Å². The minimum Gasteiger partial charge on any atom is -0.462 e. The van der Waals surface area contributed by atoms with Crippen LogP contribution in [0.25, 0.3) is 0 Å². The average molecular weight is 885 g/mol. The van der Waals surface area contributed by atoms with Gasteiger partial charge in [-0.05, 0) is 96.3 Å². The maximum absolute atomic E-state index is 12.8. The first-order chi connectivity index (χ1) is 31.0. The summed E-state index contributed by atoms with van der Waals surface area (Å²) in [5, 5.41) is 0. The highest BCUT2D eigenvalue weighted by molar-refractivity contribution is 5.71. The first-order valence-electron chi connectivity index (χ1n) is 27.5. The van der Waals surface area contributed by atoms with Crippen LogP contribution < -0.4 is 0 Å². The van der Waals surface area contributed by atoms with Gasteiger partial charge in [-0.2, -0.15) is 0 Å². The molecule has 0 saturated heterocycles. The van der Waals surface area contributed by atoms with Gasteiger partial charge in [0.2, 0.25) is 0 Å². The minimum atomic E-state index is -0.779. The maximum atomic E-state index is 12.8. The van der Waals surface area contributed by atoms with E-state index in [1.54, 1.807) is 0 Å². The maximum Gasteiger partial charge on any atom is 0.306 e. The Bertz CT molecular complexity index is 1060. The first kappa shape index (κ1) is 60.6. The molecule has 0 aliphatic rings. The van der Waals surface area contributed by atoms with Gasteiger partial charge < -0.3 is 14.2 Å². The molecule has 0 bridgehead atoms. The van der Waals surface area contributed by atoms with Gasteiger partial charge in [-0.1, -0.05) is 211 Å². The highest BCUT2D eigenvalue weighted by Crippen LogP contribution is 2.15. The van der Waals surface area contributed by atoms with E-state index in [0.29, 0.717) is 19.3 Å². The Morgan fingerprint density at radius 1 is 0.302 bits per heavy atom. The lowest BCUT2D eigenvalue weighted by Gasteiger charge is -2.18. The molecular formula is C57H104O6. The molecule has 0 spiro atoms. The summed E-state index contributed by atoms with van der Waals surface area (Å²) in [6.07, 6.45) is 61.2. The third-order valence-corrected chi connectivity index (χ3v) is 12.1. The van der Waals surface area contributed by atoms with Crippen LogP contribution in [-0.2, 0) is 28.6 Å². The normalized spacial score (nSPS) is 12.2. The Hall–Kier alpha value is -2.37. The average Bonchev–Trinajstić information content (AvgIpc) is 3.28. The summed E-state index contributed by atoms with van der Waals surface area (Å²) < 4.78 is 16.8. The standard InChI is InChI=1S/C57H104O6/c1-4-7-10-13-16-19-22-25-28-31-34-37-40-43-46-49-55(58)61-52-54(63-57(60)51-48-45-42-39-36-33-30-27-24-21-18-15-12-9-6-3)53-62-56(59)50-47-44-41-38-35-32-29-26-23-20-17-14-11-8-5-2/h19,22,26-27,29-30,54H,4-18,20-21,23-25,28,31-53H2,1-3H3/b22-19-,29-26-,30-27-. The molecule has 6 nitrogen and oxygen atoms in total. The molecule has 6 heteroatoms. The summed E-state index contributed by atoms with van der Waals surface area (Å²) in [6.45, 7) is 6.62. The fourth-order valence-corrected chi connectivity index (χ4v) is 7.90. The van der Waals surface area contributed by atoms with Gasteiger partial charge in [0.05, 0.1) is 0 Å². The van der Waals surface area contributed by atoms with Crippen molar-refractivity contribution in [2.45, 2.75) is 297 Å². The molecule has 0 aromatic rings. The van der Waals surface area contributed by atoms with Crippen LogP contribution in [0.3, 0.4) is 0 Å². The molecule has 0 aliphatic carbocycles. The number of ether oxygens (including phenoxy) is 3. The minimum absolute atomic E-state index is 0.0786. The van der Waals surface area contributed by atoms with Crippen LogP contribution in [0.15, 0.2) is 36.5 Å². The molecule has 0 radical (unpaired) electrons. The lowest BCUT2D eigenvalue weighted by Crippen LogP contribution is -2.30. The zero-order chi connectivity index (χ0) is 45.8. The van der Waals surface area contributed by atoms with Gasteiger partial charge >= 0.3 is 17.9 Å². The number of rotatable bonds is 50. The predicted molar refractivity (Wildman–Crippen MR) is 270 cm³/mol. The fraction of sp³-hybridized carbons (Fsp3) is 0.842. The molecule has 63 heavy (non-hydrogen) atoms. The first-order valence-corrected chi connectivity index (χ1v) is 27.5. The predicted octanol–water partition coefficient (Wildman–Crippen LogP) is 18.1. The number of allylic oxidation sites excluding steroid dienone is 6. The SMILES string of the molecule is CCCCCC/C=C\CCCCCCCCCC(=O)OCC(COC(=O)CCCCCCC/C=C\CCCCCCCC)OC(=O)CCCCCCC/C=C\CCCCCCCC. The second-order valence-corrected chi connectivity index (χ2v) is 18.5. The molecule has 0 saturated carbocycles. The highest BCUT2D eigenvalue weighted by Gasteiger charge is 2.19. The van der Waals surface area contributed by atoms with Crippen LogP contribution in [-0.4, -0.2) is 37.2 Å². The van der Waals surface area contributed by atoms with Crippen LogP contribution in [0.5, 0.6) is 0 Å². The van der Waals surface area contributed by atoms with Crippen LogP contribution >= 0.6 is 0 Å². The van der Waals surface area contributed by atoms with Gasteiger partial charge in [-0.15, -0.1) is 0 Å². The van der Waals surface area contributed by atoms with Gasteiger partial charge in [-0.3, -0.25) is 14.4 Å². The van der Waals surface area contributed by atoms with Crippen molar-refractivity contribution in [1.82, 2.24) is 0 Å². The Kier molecular flexibility index (Phi) is 50.3. The van der Waals surface area contributed by atoms with E-state index in [-0.39, 0.29) is 31.1 Å². The van der Waals surface area contributed by atoms with E-state index in [9.17, 15) is 14.4 Å². The number of hydrogen-bond acceptors (Lipinski definition) is 6. The second kappa shape index (κ2) is 52.3. The molecule has 0 aliphatic heterocycles. The molecule has 0 rings (SSSR count). The summed E-state index contributed by atoms with van der Waals surface area (Å²) in [6, 6.07) is 0. The Labute approximate surface area is 391 Å². The van der Waals surface area contributed by atoms with Gasteiger partial charge in [0.25, 0.3) is 0 Å². The summed E-state index contributed by atoms with van der Waals surface area (Å²) in [5.74, 6) is -0.888. The van der Waals surface area contributed by atoms with Crippen molar-refractivity contribution < 1.29 is 28.6 Å². The van der Waals surface area contributed by atoms with Crippen LogP contribution in [0.1, 0.15) is 290 Å². The topological polar surface area (TPSA) is 78.9 Å². The van der Waals surface area contributed by atoms with Gasteiger partial charge in [0, 0.05) is 19.3 Å². The zero-order valence-corrected chi connectivity index (χ0v) is 42.1. The molecule has 368 valence electrons. The molecule has 1 unspecified atom stereocenters. The Morgan fingerprint density at radius 3 is 0.810 bits per heavy atom. The van der Waals surface area contributed by atoms with E-state index in [4.69, 9.17) is 14.2 Å². The van der Waals surface area contributed by atoms with E-state index in [2.05, 4.69) is 57.2 Å². The molecule has 0 aromatic heterocycles. The largest absolute Gasteiger partial charge is 0.462 e. The van der Waals surface area contributed by atoms with Gasteiger partial charge in [-0.25, -0.2) is 0 Å². The van der Waals surface area contributed by atoms with Crippen molar-refractivity contribution in [3.05, 3.63) is 36.5 Å². The molecular weight excluding hydrogens is 781 g/mol. The Morgan fingerprint density at radius 2 is 0.524 bits per heavy atom. The number of hydrogen-bond donors (Lipinski definition) is 0. The summed E-state index contributed by atoms with van der Waals surface area (Å²) in [5.41, 5.74) is 0. The second-order valence-electron chi connectivity index (χ2n) is 18.5. The molecule has 0 aromatic carbocycles. The zero-order valence-electron chi connectivity index (χ0n) is 42.1. The molecule has 0 fully saturated rings. The number of carbonyl (C=O) groups excluding carboxylic acids is 3. The number of carbonyl (C=O) groups is 3. The monoisotopic (exact) mass is 885 g/mol. The third-order valence-electron chi connectivity index (χ3n) is 12.1. The smallest absolute Gasteiger partial charge is 0.306 e. The van der Waals surface area contributed by atoms with E-state index in [0.717, 1.165) is 70.6 Å². The van der Waals surface area contributed by atoms with Crippen LogP contribution in [0.2, 0.25) is 0 Å². The molecule has 0 amide bonds. The quantitative estimate of drug-likeness (QED) is 0.0262. The van der Waals surface area contributed by atoms with E-state index in [1.807, 2.05) is 0 Å². The Balaban J connectivity index is 4.39. The van der Waals surface area contributed by atoms with Crippen molar-refractivity contribution in [2.24, 2.45) is 0 Å². The van der Waals surface area contributed by atoms with E-state index < -0.39 is 6.10 Å². The number of esters is 3. The molecule has 0 heterocycles. The lowest BCUT2D eigenvalue weighted by molar-refractivity contribution is -0.167. The van der Waals surface area contributed by atoms with Crippen LogP contribution in [0.4, 0.5) is 0 Å². The van der Waals surface area contributed by atoms with E-state index >= 15 is 0 Å². The summed E-state index contributed by atoms with van der Waals surface area (Å²) in [4.78, 5) is 38.0. The molecule has 1 atom stereocenters. The van der Waals surface area contributed by atoms with Crippen molar-refractivity contribution in [3.8, 4) is 0 Å². The van der Waals surface area contributed by atoms with Gasteiger partial charge in [0.15, 0.2) is 6.10 Å². The van der Waals surface area contributed by atoms with Crippen molar-refractivity contribution in [1.29, 1.82) is 0 Å². The molecule has 0 N–H and O–H groups in total. The fourth-order valence-electron chi connectivity index (χ4n) is 7.90.